The molecule has 0 spiro atoms. The average molecular weight is 337 g/mol. The minimum absolute atomic E-state index is 0.280. The lowest BCUT2D eigenvalue weighted by Gasteiger charge is -2.08. The van der Waals surface area contributed by atoms with Crippen LogP contribution in [0, 0.1) is 0 Å². The zero-order valence-corrected chi connectivity index (χ0v) is 13.1. The number of carbonyl (C=O) groups is 2. The van der Waals surface area contributed by atoms with E-state index in [-0.39, 0.29) is 11.8 Å². The summed E-state index contributed by atoms with van der Waals surface area (Å²) in [5.74, 6) is -0.560. The summed E-state index contributed by atoms with van der Waals surface area (Å²) in [7, 11) is 0. The monoisotopic (exact) mass is 336 g/mol. The fourth-order valence-corrected chi connectivity index (χ4v) is 2.28. The van der Waals surface area contributed by atoms with Crippen LogP contribution in [-0.2, 0) is 0 Å². The summed E-state index contributed by atoms with van der Waals surface area (Å²) < 4.78 is 0. The first-order valence-electron chi connectivity index (χ1n) is 6.65. The van der Waals surface area contributed by atoms with Crippen molar-refractivity contribution in [3.63, 3.8) is 0 Å². The highest BCUT2D eigenvalue weighted by Crippen LogP contribution is 2.15. The van der Waals surface area contributed by atoms with Gasteiger partial charge in [-0.15, -0.1) is 0 Å². The van der Waals surface area contributed by atoms with Crippen LogP contribution in [0.25, 0.3) is 0 Å². The van der Waals surface area contributed by atoms with E-state index in [9.17, 15) is 9.59 Å². The van der Waals surface area contributed by atoms with Crippen molar-refractivity contribution >= 4 is 35.0 Å². The second kappa shape index (κ2) is 7.82. The second-order valence-electron chi connectivity index (χ2n) is 4.47. The van der Waals surface area contributed by atoms with Crippen LogP contribution in [-0.4, -0.2) is 24.9 Å². The average Bonchev–Trinajstić information content (AvgIpc) is 2.52. The number of halogens is 2. The molecule has 2 amide bonds. The minimum Gasteiger partial charge on any atom is -0.350 e. The zero-order chi connectivity index (χ0) is 15.9. The smallest absolute Gasteiger partial charge is 0.252 e. The van der Waals surface area contributed by atoms with Crippen LogP contribution >= 0.6 is 23.2 Å². The number of rotatable bonds is 5. The normalized spacial score (nSPS) is 10.1. The first-order chi connectivity index (χ1) is 10.6. The van der Waals surface area contributed by atoms with Gasteiger partial charge >= 0.3 is 0 Å². The third-order valence-electron chi connectivity index (χ3n) is 2.93. The van der Waals surface area contributed by atoms with E-state index >= 15 is 0 Å². The molecule has 22 heavy (non-hydrogen) atoms. The lowest BCUT2D eigenvalue weighted by Crippen LogP contribution is -2.34. The number of nitrogens with one attached hydrogen (secondary N) is 2. The molecule has 0 saturated heterocycles. The summed E-state index contributed by atoms with van der Waals surface area (Å²) >= 11 is 11.9. The van der Waals surface area contributed by atoms with E-state index in [0.717, 1.165) is 0 Å². The Balaban J connectivity index is 1.80. The van der Waals surface area contributed by atoms with Gasteiger partial charge in [-0.1, -0.05) is 47.5 Å². The van der Waals surface area contributed by atoms with Crippen LogP contribution in [0.3, 0.4) is 0 Å². The number of benzene rings is 2. The molecule has 2 aromatic carbocycles. The molecule has 2 rings (SSSR count). The van der Waals surface area contributed by atoms with Gasteiger partial charge in [0.05, 0.1) is 21.2 Å². The molecule has 0 bridgehead atoms. The Bertz CT molecular complexity index is 630. The maximum absolute atomic E-state index is 11.9. The summed E-state index contributed by atoms with van der Waals surface area (Å²) in [4.78, 5) is 23.8. The molecular formula is C16H14Cl2N2O2. The SMILES string of the molecule is O=C(NCCNC(=O)c1ccccc1Cl)c1ccccc1Cl. The van der Waals surface area contributed by atoms with Crippen molar-refractivity contribution in [1.29, 1.82) is 0 Å². The van der Waals surface area contributed by atoms with Gasteiger partial charge < -0.3 is 10.6 Å². The van der Waals surface area contributed by atoms with Gasteiger partial charge in [0.2, 0.25) is 0 Å². The van der Waals surface area contributed by atoms with Crippen molar-refractivity contribution in [2.24, 2.45) is 0 Å². The van der Waals surface area contributed by atoms with Crippen molar-refractivity contribution in [3.8, 4) is 0 Å². The van der Waals surface area contributed by atoms with Crippen LogP contribution in [0.15, 0.2) is 48.5 Å². The molecule has 0 aliphatic heterocycles. The molecule has 0 fully saturated rings. The fraction of sp³-hybridized carbons (Fsp3) is 0.125. The van der Waals surface area contributed by atoms with Gasteiger partial charge in [0.15, 0.2) is 0 Å². The van der Waals surface area contributed by atoms with Crippen molar-refractivity contribution in [2.45, 2.75) is 0 Å². The van der Waals surface area contributed by atoms with E-state index in [2.05, 4.69) is 10.6 Å². The van der Waals surface area contributed by atoms with Crippen LogP contribution in [0.2, 0.25) is 10.0 Å². The molecule has 4 nitrogen and oxygen atoms in total. The third kappa shape index (κ3) is 4.23. The molecular weight excluding hydrogens is 323 g/mol. The molecule has 0 atom stereocenters. The van der Waals surface area contributed by atoms with Crippen molar-refractivity contribution in [2.75, 3.05) is 13.1 Å². The molecule has 114 valence electrons. The first kappa shape index (κ1) is 16.3. The van der Waals surface area contributed by atoms with E-state index in [0.29, 0.717) is 34.3 Å². The quantitative estimate of drug-likeness (QED) is 0.824. The Morgan fingerprint density at radius 3 is 1.45 bits per heavy atom. The summed E-state index contributed by atoms with van der Waals surface area (Å²) in [6, 6.07) is 13.6. The highest BCUT2D eigenvalue weighted by Gasteiger charge is 2.10. The van der Waals surface area contributed by atoms with Crippen LogP contribution in [0.4, 0.5) is 0 Å². The van der Waals surface area contributed by atoms with E-state index in [1.165, 1.54) is 0 Å². The number of amides is 2. The highest BCUT2D eigenvalue weighted by molar-refractivity contribution is 6.34. The first-order valence-corrected chi connectivity index (χ1v) is 7.40. The van der Waals surface area contributed by atoms with Crippen LogP contribution < -0.4 is 10.6 Å². The standard InChI is InChI=1S/C16H14Cl2N2O2/c17-13-7-3-1-5-11(13)15(21)19-9-10-20-16(22)12-6-2-4-8-14(12)18/h1-8H,9-10H2,(H,19,21)(H,20,22). The Labute approximate surface area is 138 Å². The van der Waals surface area contributed by atoms with Gasteiger partial charge in [0, 0.05) is 13.1 Å². The Morgan fingerprint density at radius 2 is 1.09 bits per heavy atom. The Morgan fingerprint density at radius 1 is 0.727 bits per heavy atom. The van der Waals surface area contributed by atoms with Crippen molar-refractivity contribution in [3.05, 3.63) is 69.7 Å². The molecule has 0 aromatic heterocycles. The predicted molar refractivity (Wildman–Crippen MR) is 87.6 cm³/mol. The summed E-state index contributed by atoms with van der Waals surface area (Å²) in [6.45, 7) is 0.584. The molecule has 0 unspecified atom stereocenters. The highest BCUT2D eigenvalue weighted by atomic mass is 35.5. The minimum atomic E-state index is -0.280. The van der Waals surface area contributed by atoms with Gasteiger partial charge in [-0.05, 0) is 24.3 Å². The van der Waals surface area contributed by atoms with Crippen LogP contribution in [0.5, 0.6) is 0 Å². The maximum atomic E-state index is 11.9. The van der Waals surface area contributed by atoms with Crippen molar-refractivity contribution in [1.82, 2.24) is 10.6 Å². The maximum Gasteiger partial charge on any atom is 0.252 e. The summed E-state index contributed by atoms with van der Waals surface area (Å²) in [6.07, 6.45) is 0. The topological polar surface area (TPSA) is 58.2 Å². The lowest BCUT2D eigenvalue weighted by molar-refractivity contribution is 0.0928. The molecule has 0 aliphatic rings. The van der Waals surface area contributed by atoms with Gasteiger partial charge in [-0.3, -0.25) is 9.59 Å². The number of hydrogen-bond acceptors (Lipinski definition) is 2. The van der Waals surface area contributed by atoms with Gasteiger partial charge in [-0.25, -0.2) is 0 Å². The molecule has 2 N–H and O–H groups in total. The molecule has 0 radical (unpaired) electrons. The molecule has 0 saturated carbocycles. The van der Waals surface area contributed by atoms with Gasteiger partial charge in [-0.2, -0.15) is 0 Å². The van der Waals surface area contributed by atoms with E-state index < -0.39 is 0 Å². The lowest BCUT2D eigenvalue weighted by atomic mass is 10.2. The third-order valence-corrected chi connectivity index (χ3v) is 3.59. The Kier molecular flexibility index (Phi) is 5.81. The fourth-order valence-electron chi connectivity index (χ4n) is 1.83. The van der Waals surface area contributed by atoms with Gasteiger partial charge in [0.1, 0.15) is 0 Å². The van der Waals surface area contributed by atoms with Crippen LogP contribution in [0.1, 0.15) is 20.7 Å². The zero-order valence-electron chi connectivity index (χ0n) is 11.6. The van der Waals surface area contributed by atoms with E-state index in [1.807, 2.05) is 0 Å². The van der Waals surface area contributed by atoms with Gasteiger partial charge in [0.25, 0.3) is 11.8 Å². The number of carbonyl (C=O) groups excluding carboxylic acids is 2. The summed E-state index contributed by atoms with van der Waals surface area (Å²) in [5, 5.41) is 6.16. The Hall–Kier alpha value is -2.04. The van der Waals surface area contributed by atoms with E-state index in [4.69, 9.17) is 23.2 Å². The molecule has 0 heterocycles. The number of hydrogen-bond donors (Lipinski definition) is 2. The largest absolute Gasteiger partial charge is 0.350 e. The predicted octanol–water partition coefficient (Wildman–Crippen LogP) is 3.15. The second-order valence-corrected chi connectivity index (χ2v) is 5.29. The molecule has 0 aliphatic carbocycles. The molecule has 2 aromatic rings. The van der Waals surface area contributed by atoms with Crippen molar-refractivity contribution < 1.29 is 9.59 Å². The summed E-state index contributed by atoms with van der Waals surface area (Å²) in [5.41, 5.74) is 0.809. The van der Waals surface area contributed by atoms with E-state index in [1.54, 1.807) is 48.5 Å². The molecule has 6 heteroatoms.